The maximum Gasteiger partial charge on any atom is 0.132 e. The fourth-order valence-electron chi connectivity index (χ4n) is 1.27. The van der Waals surface area contributed by atoms with Gasteiger partial charge in [-0.2, -0.15) is 0 Å². The first kappa shape index (κ1) is 13.7. The molecule has 1 atom stereocenters. The zero-order valence-electron chi connectivity index (χ0n) is 9.68. The lowest BCUT2D eigenvalue weighted by atomic mass is 10.4. The van der Waals surface area contributed by atoms with Crippen LogP contribution in [0.5, 0.6) is 0 Å². The van der Waals surface area contributed by atoms with E-state index in [-0.39, 0.29) is 0 Å². The molecule has 0 saturated heterocycles. The predicted octanol–water partition coefficient (Wildman–Crippen LogP) is 2.04. The first-order valence-electron chi connectivity index (χ1n) is 4.87. The number of rotatable bonds is 6. The molecular formula is C10H16BrN3OS. The Hall–Kier alpha value is -0.330. The van der Waals surface area contributed by atoms with Gasteiger partial charge in [-0.15, -0.1) is 11.8 Å². The largest absolute Gasteiger partial charge is 0.383 e. The first-order valence-corrected chi connectivity index (χ1v) is 7.01. The lowest BCUT2D eigenvalue weighted by Gasteiger charge is -2.21. The van der Waals surface area contributed by atoms with Gasteiger partial charge in [-0.25, -0.2) is 9.97 Å². The fraction of sp³-hybridized carbons (Fsp3) is 0.600. The molecule has 1 aromatic heterocycles. The maximum atomic E-state index is 5.07. The summed E-state index contributed by atoms with van der Waals surface area (Å²) >= 11 is 5.17. The topological polar surface area (TPSA) is 38.2 Å². The molecule has 0 aliphatic heterocycles. The molecule has 16 heavy (non-hydrogen) atoms. The Kier molecular flexibility index (Phi) is 6.08. The van der Waals surface area contributed by atoms with E-state index in [1.165, 1.54) is 0 Å². The molecule has 90 valence electrons. The number of hydrogen-bond acceptors (Lipinski definition) is 5. The lowest BCUT2D eigenvalue weighted by Crippen LogP contribution is -2.28. The summed E-state index contributed by atoms with van der Waals surface area (Å²) in [6.45, 7) is 1.53. The quantitative estimate of drug-likeness (QED) is 0.457. The van der Waals surface area contributed by atoms with Crippen molar-refractivity contribution in [3.63, 3.8) is 0 Å². The van der Waals surface area contributed by atoms with Gasteiger partial charge in [0.05, 0.1) is 11.4 Å². The van der Waals surface area contributed by atoms with Gasteiger partial charge in [-0.05, 0) is 6.26 Å². The zero-order chi connectivity index (χ0) is 12.0. The zero-order valence-corrected chi connectivity index (χ0v) is 12.1. The molecule has 4 nitrogen and oxygen atoms in total. The minimum atomic E-state index is 0.301. The van der Waals surface area contributed by atoms with Crippen LogP contribution in [0, 0.1) is 0 Å². The number of halogens is 1. The van der Waals surface area contributed by atoms with Gasteiger partial charge >= 0.3 is 0 Å². The molecule has 0 aliphatic carbocycles. The third kappa shape index (κ3) is 4.27. The van der Waals surface area contributed by atoms with Crippen LogP contribution in [-0.2, 0) is 4.74 Å². The summed E-state index contributed by atoms with van der Waals surface area (Å²) < 4.78 is 5.07. The molecule has 0 amide bonds. The van der Waals surface area contributed by atoms with Gasteiger partial charge in [0, 0.05) is 26.8 Å². The van der Waals surface area contributed by atoms with Gasteiger partial charge in [-0.1, -0.05) is 15.9 Å². The standard InChI is InChI=1S/C10H16BrN3OS/c1-14(5-8(11)6-15-2)9-4-10(16-3)13-7-12-9/h4,7-8H,5-6H2,1-3H3. The van der Waals surface area contributed by atoms with E-state index in [4.69, 9.17) is 4.74 Å². The molecule has 0 bridgehead atoms. The maximum absolute atomic E-state index is 5.07. The highest BCUT2D eigenvalue weighted by atomic mass is 79.9. The van der Waals surface area contributed by atoms with Crippen LogP contribution in [-0.4, -0.2) is 48.4 Å². The van der Waals surface area contributed by atoms with Crippen molar-refractivity contribution in [3.05, 3.63) is 12.4 Å². The Morgan fingerprint density at radius 3 is 2.94 bits per heavy atom. The van der Waals surface area contributed by atoms with Crippen molar-refractivity contribution >= 4 is 33.5 Å². The van der Waals surface area contributed by atoms with Crippen LogP contribution < -0.4 is 4.90 Å². The molecule has 1 unspecified atom stereocenters. The Morgan fingerprint density at radius 2 is 2.31 bits per heavy atom. The molecule has 0 aliphatic rings. The molecule has 0 saturated carbocycles. The molecule has 1 heterocycles. The van der Waals surface area contributed by atoms with E-state index in [2.05, 4.69) is 30.8 Å². The Morgan fingerprint density at radius 1 is 1.56 bits per heavy atom. The highest BCUT2D eigenvalue weighted by Crippen LogP contribution is 2.17. The van der Waals surface area contributed by atoms with E-state index >= 15 is 0 Å². The van der Waals surface area contributed by atoms with E-state index in [0.29, 0.717) is 11.4 Å². The number of aromatic nitrogens is 2. The molecule has 0 spiro atoms. The third-order valence-corrected chi connectivity index (χ3v) is 3.24. The van der Waals surface area contributed by atoms with Crippen LogP contribution in [0.25, 0.3) is 0 Å². The monoisotopic (exact) mass is 305 g/mol. The summed E-state index contributed by atoms with van der Waals surface area (Å²) in [5.41, 5.74) is 0. The SMILES string of the molecule is COCC(Br)CN(C)c1cc(SC)ncn1. The summed E-state index contributed by atoms with van der Waals surface area (Å²) in [6.07, 6.45) is 3.60. The van der Waals surface area contributed by atoms with Crippen LogP contribution in [0.15, 0.2) is 17.4 Å². The average Bonchev–Trinajstić information content (AvgIpc) is 2.29. The molecule has 0 radical (unpaired) electrons. The number of anilines is 1. The molecule has 0 aromatic carbocycles. The Labute approximate surface area is 109 Å². The molecule has 1 rings (SSSR count). The number of ether oxygens (including phenoxy) is 1. The average molecular weight is 306 g/mol. The first-order chi connectivity index (χ1) is 7.67. The van der Waals surface area contributed by atoms with E-state index in [9.17, 15) is 0 Å². The van der Waals surface area contributed by atoms with Crippen LogP contribution in [0.2, 0.25) is 0 Å². The minimum absolute atomic E-state index is 0.301. The van der Waals surface area contributed by atoms with Crippen molar-refractivity contribution in [3.8, 4) is 0 Å². The van der Waals surface area contributed by atoms with E-state index in [1.807, 2.05) is 19.4 Å². The molecule has 1 aromatic rings. The molecule has 0 N–H and O–H groups in total. The van der Waals surface area contributed by atoms with Crippen LogP contribution in [0.1, 0.15) is 0 Å². The number of nitrogens with zero attached hydrogens (tertiary/aromatic N) is 3. The van der Waals surface area contributed by atoms with Gasteiger partial charge in [0.1, 0.15) is 17.2 Å². The van der Waals surface area contributed by atoms with Gasteiger partial charge < -0.3 is 9.64 Å². The molecular weight excluding hydrogens is 290 g/mol. The minimum Gasteiger partial charge on any atom is -0.383 e. The number of thioether (sulfide) groups is 1. The van der Waals surface area contributed by atoms with Crippen molar-refractivity contribution < 1.29 is 4.74 Å². The number of alkyl halides is 1. The van der Waals surface area contributed by atoms with E-state index in [1.54, 1.807) is 25.2 Å². The Bertz CT molecular complexity index is 327. The second-order valence-corrected chi connectivity index (χ2v) is 5.47. The highest BCUT2D eigenvalue weighted by molar-refractivity contribution is 9.09. The summed E-state index contributed by atoms with van der Waals surface area (Å²) in [6, 6.07) is 1.98. The van der Waals surface area contributed by atoms with Crippen molar-refractivity contribution in [2.24, 2.45) is 0 Å². The van der Waals surface area contributed by atoms with Gasteiger partial charge in [0.25, 0.3) is 0 Å². The Balaban J connectivity index is 2.61. The van der Waals surface area contributed by atoms with Crippen LogP contribution in [0.3, 0.4) is 0 Å². The predicted molar refractivity (Wildman–Crippen MR) is 71.7 cm³/mol. The van der Waals surface area contributed by atoms with Gasteiger partial charge in [-0.3, -0.25) is 0 Å². The summed E-state index contributed by atoms with van der Waals surface area (Å²) in [5, 5.41) is 0.981. The van der Waals surface area contributed by atoms with Crippen molar-refractivity contribution in [1.29, 1.82) is 0 Å². The van der Waals surface area contributed by atoms with Crippen LogP contribution >= 0.6 is 27.7 Å². The second kappa shape index (κ2) is 7.09. The summed E-state index contributed by atoms with van der Waals surface area (Å²) in [4.78, 5) is 10.8. The molecule has 6 heteroatoms. The summed E-state index contributed by atoms with van der Waals surface area (Å²) in [7, 11) is 3.71. The fourth-order valence-corrected chi connectivity index (χ4v) is 2.35. The number of methoxy groups -OCH3 is 1. The van der Waals surface area contributed by atoms with Crippen molar-refractivity contribution in [2.75, 3.05) is 38.5 Å². The van der Waals surface area contributed by atoms with Gasteiger partial charge in [0.15, 0.2) is 0 Å². The second-order valence-electron chi connectivity index (χ2n) is 3.35. The van der Waals surface area contributed by atoms with Gasteiger partial charge in [0.2, 0.25) is 0 Å². The lowest BCUT2D eigenvalue weighted by molar-refractivity contribution is 0.201. The highest BCUT2D eigenvalue weighted by Gasteiger charge is 2.10. The van der Waals surface area contributed by atoms with Crippen LogP contribution in [0.4, 0.5) is 5.82 Å². The number of hydrogen-bond donors (Lipinski definition) is 0. The van der Waals surface area contributed by atoms with E-state index in [0.717, 1.165) is 17.4 Å². The molecule has 0 fully saturated rings. The summed E-state index contributed by atoms with van der Waals surface area (Å²) in [5.74, 6) is 0.930. The van der Waals surface area contributed by atoms with E-state index < -0.39 is 0 Å². The van der Waals surface area contributed by atoms with Crippen molar-refractivity contribution in [2.45, 2.75) is 9.85 Å². The van der Waals surface area contributed by atoms with Crippen molar-refractivity contribution in [1.82, 2.24) is 9.97 Å². The third-order valence-electron chi connectivity index (χ3n) is 2.05. The normalized spacial score (nSPS) is 12.5. The smallest absolute Gasteiger partial charge is 0.132 e.